The summed E-state index contributed by atoms with van der Waals surface area (Å²) >= 11 is 6.40. The molecule has 8 heteroatoms. The highest BCUT2D eigenvalue weighted by Crippen LogP contribution is 2.35. The van der Waals surface area contributed by atoms with Gasteiger partial charge in [-0.3, -0.25) is 10.1 Å². The third kappa shape index (κ3) is 5.24. The summed E-state index contributed by atoms with van der Waals surface area (Å²) in [5.41, 5.74) is -0.101. The maximum Gasteiger partial charge on any atom is 0.408 e. The van der Waals surface area contributed by atoms with Crippen LogP contribution in [0.3, 0.4) is 0 Å². The van der Waals surface area contributed by atoms with Crippen molar-refractivity contribution in [2.24, 2.45) is 0 Å². The molecule has 0 aliphatic rings. The lowest BCUT2D eigenvalue weighted by Crippen LogP contribution is -2.46. The second-order valence-corrected chi connectivity index (χ2v) is 8.43. The Hall–Kier alpha value is -1.15. The molecule has 6 nitrogen and oxygen atoms in total. The molecule has 0 heterocycles. The Morgan fingerprint density at radius 2 is 1.77 bits per heavy atom. The SMILES string of the molecule is CC(C)(C)OC(=O)N[C@H](c1ccc(Br)cc1)[C@@](C)(Br)[N+](=O)[O-]. The standard InChI is InChI=1S/C14H18Br2N2O4/c1-13(2,3)22-12(19)17-11(14(4,16)18(20)21)9-5-7-10(15)8-6-9/h5-8,11H,1-4H3,(H,17,19)/t11-,14+/m1/s1. The maximum atomic E-state index is 12.0. The third-order valence-electron chi connectivity index (χ3n) is 2.75. The third-order valence-corrected chi connectivity index (χ3v) is 4.02. The van der Waals surface area contributed by atoms with Crippen LogP contribution in [0.2, 0.25) is 0 Å². The van der Waals surface area contributed by atoms with Crippen LogP contribution in [-0.2, 0) is 4.74 Å². The number of hydrogen-bond donors (Lipinski definition) is 1. The Balaban J connectivity index is 3.10. The Morgan fingerprint density at radius 3 is 2.18 bits per heavy atom. The molecule has 1 amide bonds. The maximum absolute atomic E-state index is 12.0. The molecule has 0 spiro atoms. The first-order chi connectivity index (χ1) is 9.93. The molecule has 0 aromatic heterocycles. The number of nitrogens with one attached hydrogen (secondary N) is 1. The van der Waals surface area contributed by atoms with Crippen molar-refractivity contribution < 1.29 is 14.5 Å². The second kappa shape index (κ2) is 6.95. The van der Waals surface area contributed by atoms with Crippen LogP contribution < -0.4 is 5.32 Å². The van der Waals surface area contributed by atoms with Crippen LogP contribution in [0, 0.1) is 10.1 Å². The lowest BCUT2D eigenvalue weighted by Gasteiger charge is -2.28. The van der Waals surface area contributed by atoms with E-state index in [1.807, 2.05) is 0 Å². The Bertz CT molecular complexity index is 553. The van der Waals surface area contributed by atoms with Crippen molar-refractivity contribution in [2.45, 2.75) is 43.8 Å². The number of alkyl halides is 1. The molecular weight excluding hydrogens is 420 g/mol. The lowest BCUT2D eigenvalue weighted by molar-refractivity contribution is -0.536. The monoisotopic (exact) mass is 436 g/mol. The van der Waals surface area contributed by atoms with Gasteiger partial charge in [0, 0.05) is 32.2 Å². The number of halogens is 2. The second-order valence-electron chi connectivity index (χ2n) is 5.91. The van der Waals surface area contributed by atoms with E-state index in [1.54, 1.807) is 45.0 Å². The zero-order chi connectivity index (χ0) is 17.1. The smallest absolute Gasteiger partial charge is 0.408 e. The molecule has 0 unspecified atom stereocenters. The van der Waals surface area contributed by atoms with Crippen LogP contribution in [0.1, 0.15) is 39.3 Å². The number of nitro groups is 1. The summed E-state index contributed by atoms with van der Waals surface area (Å²) in [6.45, 7) is 6.56. The summed E-state index contributed by atoms with van der Waals surface area (Å²) in [5, 5.41) is 13.9. The Kier molecular flexibility index (Phi) is 5.97. The van der Waals surface area contributed by atoms with Crippen LogP contribution in [-0.4, -0.2) is 21.1 Å². The average Bonchev–Trinajstić information content (AvgIpc) is 2.34. The van der Waals surface area contributed by atoms with E-state index in [9.17, 15) is 14.9 Å². The number of rotatable bonds is 4. The van der Waals surface area contributed by atoms with E-state index in [0.717, 1.165) is 4.47 Å². The minimum atomic E-state index is -1.57. The number of carbonyl (C=O) groups excluding carboxylic acids is 1. The number of hydrogen-bond acceptors (Lipinski definition) is 4. The van der Waals surface area contributed by atoms with Gasteiger partial charge < -0.3 is 10.1 Å². The molecule has 22 heavy (non-hydrogen) atoms. The van der Waals surface area contributed by atoms with E-state index in [-0.39, 0.29) is 0 Å². The van der Waals surface area contributed by atoms with Gasteiger partial charge in [0.25, 0.3) is 4.45 Å². The summed E-state index contributed by atoms with van der Waals surface area (Å²) in [7, 11) is 0. The number of alkyl carbamates (subject to hydrolysis) is 1. The Morgan fingerprint density at radius 1 is 1.27 bits per heavy atom. The number of carbonyl (C=O) groups is 1. The molecule has 1 N–H and O–H groups in total. The van der Waals surface area contributed by atoms with E-state index in [4.69, 9.17) is 4.74 Å². The summed E-state index contributed by atoms with van der Waals surface area (Å²) in [6.07, 6.45) is -0.715. The van der Waals surface area contributed by atoms with Crippen LogP contribution in [0.25, 0.3) is 0 Å². The zero-order valence-corrected chi connectivity index (χ0v) is 15.9. The normalized spacial score (nSPS) is 15.5. The van der Waals surface area contributed by atoms with Crippen molar-refractivity contribution >= 4 is 38.0 Å². The fourth-order valence-electron chi connectivity index (χ4n) is 1.71. The van der Waals surface area contributed by atoms with E-state index in [1.165, 1.54) is 6.92 Å². The molecule has 122 valence electrons. The van der Waals surface area contributed by atoms with Gasteiger partial charge in [-0.05, 0) is 38.5 Å². The first kappa shape index (κ1) is 18.9. The quantitative estimate of drug-likeness (QED) is 0.327. The van der Waals surface area contributed by atoms with Crippen LogP contribution >= 0.6 is 31.9 Å². The molecule has 1 rings (SSSR count). The topological polar surface area (TPSA) is 81.5 Å². The molecule has 0 aliphatic carbocycles. The molecule has 0 saturated carbocycles. The predicted octanol–water partition coefficient (Wildman–Crippen LogP) is 4.40. The van der Waals surface area contributed by atoms with Gasteiger partial charge in [0.05, 0.1) is 0 Å². The molecule has 0 bridgehead atoms. The van der Waals surface area contributed by atoms with Crippen LogP contribution in [0.4, 0.5) is 4.79 Å². The number of ether oxygens (including phenoxy) is 1. The highest BCUT2D eigenvalue weighted by molar-refractivity contribution is 9.10. The summed E-state index contributed by atoms with van der Waals surface area (Å²) in [5.74, 6) is 0. The number of benzene rings is 1. The van der Waals surface area contributed by atoms with Crippen molar-refractivity contribution in [2.75, 3.05) is 0 Å². The molecule has 0 radical (unpaired) electrons. The predicted molar refractivity (Wildman–Crippen MR) is 90.6 cm³/mol. The molecular formula is C14H18Br2N2O4. The van der Waals surface area contributed by atoms with Crippen LogP contribution in [0.5, 0.6) is 0 Å². The van der Waals surface area contributed by atoms with Gasteiger partial charge >= 0.3 is 6.09 Å². The molecule has 1 aromatic carbocycles. The summed E-state index contributed by atoms with van der Waals surface area (Å²) in [6, 6.07) is 6.01. The van der Waals surface area contributed by atoms with Gasteiger partial charge in [0.15, 0.2) is 0 Å². The first-order valence-corrected chi connectivity index (χ1v) is 8.10. The minimum Gasteiger partial charge on any atom is -0.444 e. The van der Waals surface area contributed by atoms with E-state index >= 15 is 0 Å². The van der Waals surface area contributed by atoms with Gasteiger partial charge in [0.2, 0.25) is 0 Å². The van der Waals surface area contributed by atoms with Gasteiger partial charge in [-0.1, -0.05) is 28.1 Å². The average molecular weight is 438 g/mol. The number of amides is 1. The van der Waals surface area contributed by atoms with E-state index in [0.29, 0.717) is 5.56 Å². The highest BCUT2D eigenvalue weighted by atomic mass is 79.9. The van der Waals surface area contributed by atoms with Crippen molar-refractivity contribution in [1.29, 1.82) is 0 Å². The van der Waals surface area contributed by atoms with Crippen molar-refractivity contribution in [3.63, 3.8) is 0 Å². The van der Waals surface area contributed by atoms with Crippen molar-refractivity contribution in [3.05, 3.63) is 44.4 Å². The van der Waals surface area contributed by atoms with Crippen molar-refractivity contribution in [1.82, 2.24) is 5.32 Å². The highest BCUT2D eigenvalue weighted by Gasteiger charge is 2.45. The molecule has 2 atom stereocenters. The van der Waals surface area contributed by atoms with E-state index in [2.05, 4.69) is 37.2 Å². The first-order valence-electron chi connectivity index (χ1n) is 6.52. The summed E-state index contributed by atoms with van der Waals surface area (Å²) in [4.78, 5) is 22.8. The molecule has 0 saturated heterocycles. The van der Waals surface area contributed by atoms with E-state index < -0.39 is 27.1 Å². The molecule has 0 aliphatic heterocycles. The fourth-order valence-corrected chi connectivity index (χ4v) is 2.35. The van der Waals surface area contributed by atoms with Gasteiger partial charge in [-0.15, -0.1) is 0 Å². The van der Waals surface area contributed by atoms with Gasteiger partial charge in [-0.2, -0.15) is 0 Å². The molecule has 0 fully saturated rings. The minimum absolute atomic E-state index is 0.489. The largest absolute Gasteiger partial charge is 0.444 e. The van der Waals surface area contributed by atoms with Gasteiger partial charge in [0.1, 0.15) is 11.6 Å². The molecule has 1 aromatic rings. The lowest BCUT2D eigenvalue weighted by atomic mass is 10.0. The van der Waals surface area contributed by atoms with Crippen LogP contribution in [0.15, 0.2) is 28.7 Å². The zero-order valence-electron chi connectivity index (χ0n) is 12.7. The van der Waals surface area contributed by atoms with Gasteiger partial charge in [-0.25, -0.2) is 4.79 Å². The fraction of sp³-hybridized carbons (Fsp3) is 0.500. The summed E-state index contributed by atoms with van der Waals surface area (Å²) < 4.78 is 4.45. The Labute approximate surface area is 146 Å². The van der Waals surface area contributed by atoms with Crippen molar-refractivity contribution in [3.8, 4) is 0 Å². The number of nitrogens with zero attached hydrogens (tertiary/aromatic N) is 1.